The number of likely N-dealkylation sites (tertiary alicyclic amines) is 1. The van der Waals surface area contributed by atoms with Crippen molar-refractivity contribution in [1.29, 1.82) is 0 Å². The number of hydrogen-bond acceptors (Lipinski definition) is 4. The lowest BCUT2D eigenvalue weighted by Gasteiger charge is -2.31. The molecule has 2 aromatic carbocycles. The largest absolute Gasteiger partial charge is 0.486 e. The van der Waals surface area contributed by atoms with Crippen LogP contribution < -0.4 is 14.8 Å². The van der Waals surface area contributed by atoms with Crippen LogP contribution in [-0.4, -0.2) is 43.0 Å². The quantitative estimate of drug-likeness (QED) is 0.888. The summed E-state index contributed by atoms with van der Waals surface area (Å²) in [6, 6.07) is 13.0. The molecule has 0 aromatic heterocycles. The lowest BCUT2D eigenvalue weighted by Crippen LogP contribution is -2.41. The zero-order valence-electron chi connectivity index (χ0n) is 15.9. The van der Waals surface area contributed by atoms with Crippen molar-refractivity contribution in [2.75, 3.05) is 31.6 Å². The minimum absolute atomic E-state index is 0.0142. The van der Waals surface area contributed by atoms with Crippen molar-refractivity contribution in [2.45, 2.75) is 19.8 Å². The van der Waals surface area contributed by atoms with Gasteiger partial charge in [0.25, 0.3) is 5.91 Å². The van der Waals surface area contributed by atoms with Gasteiger partial charge in [-0.05, 0) is 43.5 Å². The molecule has 1 N–H and O–H groups in total. The van der Waals surface area contributed by atoms with Crippen LogP contribution in [0.5, 0.6) is 11.5 Å². The molecule has 0 spiro atoms. The Morgan fingerprint density at radius 3 is 2.46 bits per heavy atom. The zero-order chi connectivity index (χ0) is 19.5. The number of benzene rings is 2. The monoisotopic (exact) mass is 380 g/mol. The SMILES string of the molecule is Cc1ccccc1C(=O)N1CCC(C(=O)Nc2ccc3c(c2)OCCO3)CC1. The molecule has 0 atom stereocenters. The van der Waals surface area contributed by atoms with Gasteiger partial charge in [0.2, 0.25) is 5.91 Å². The van der Waals surface area contributed by atoms with E-state index in [1.165, 1.54) is 0 Å². The van der Waals surface area contributed by atoms with Crippen molar-refractivity contribution in [2.24, 2.45) is 5.92 Å². The Morgan fingerprint density at radius 2 is 1.71 bits per heavy atom. The van der Waals surface area contributed by atoms with E-state index in [1.807, 2.05) is 48.2 Å². The maximum absolute atomic E-state index is 12.7. The molecule has 0 saturated carbocycles. The molecule has 6 heteroatoms. The first-order valence-corrected chi connectivity index (χ1v) is 9.67. The summed E-state index contributed by atoms with van der Waals surface area (Å²) in [6.07, 6.45) is 1.32. The fourth-order valence-corrected chi connectivity index (χ4v) is 3.69. The van der Waals surface area contributed by atoms with Gasteiger partial charge in [-0.25, -0.2) is 0 Å². The standard InChI is InChI=1S/C22H24N2O4/c1-15-4-2-3-5-18(15)22(26)24-10-8-16(9-11-24)21(25)23-17-6-7-19-20(14-17)28-13-12-27-19/h2-7,14,16H,8-13H2,1H3,(H,23,25). The summed E-state index contributed by atoms with van der Waals surface area (Å²) in [5.41, 5.74) is 2.42. The van der Waals surface area contributed by atoms with E-state index in [4.69, 9.17) is 9.47 Å². The lowest BCUT2D eigenvalue weighted by atomic mass is 9.95. The molecule has 6 nitrogen and oxygen atoms in total. The fourth-order valence-electron chi connectivity index (χ4n) is 3.69. The molecule has 146 valence electrons. The summed E-state index contributed by atoms with van der Waals surface area (Å²) in [5.74, 6) is 1.28. The van der Waals surface area contributed by atoms with E-state index in [2.05, 4.69) is 5.32 Å². The third kappa shape index (κ3) is 3.81. The number of rotatable bonds is 3. The average molecular weight is 380 g/mol. The van der Waals surface area contributed by atoms with E-state index >= 15 is 0 Å². The van der Waals surface area contributed by atoms with Crippen molar-refractivity contribution in [3.8, 4) is 11.5 Å². The molecule has 2 heterocycles. The summed E-state index contributed by atoms with van der Waals surface area (Å²) in [7, 11) is 0. The fraction of sp³-hybridized carbons (Fsp3) is 0.364. The number of hydrogen-bond donors (Lipinski definition) is 1. The second-order valence-electron chi connectivity index (χ2n) is 7.23. The van der Waals surface area contributed by atoms with Crippen LogP contribution >= 0.6 is 0 Å². The first kappa shape index (κ1) is 18.3. The maximum atomic E-state index is 12.7. The predicted molar refractivity (Wildman–Crippen MR) is 106 cm³/mol. The minimum Gasteiger partial charge on any atom is -0.486 e. The average Bonchev–Trinajstić information content (AvgIpc) is 2.73. The number of carbonyl (C=O) groups is 2. The Morgan fingerprint density at radius 1 is 1.00 bits per heavy atom. The van der Waals surface area contributed by atoms with Gasteiger partial charge >= 0.3 is 0 Å². The van der Waals surface area contributed by atoms with Crippen LogP contribution in [0.15, 0.2) is 42.5 Å². The smallest absolute Gasteiger partial charge is 0.254 e. The molecule has 0 bridgehead atoms. The van der Waals surface area contributed by atoms with Gasteiger partial charge in [0, 0.05) is 36.3 Å². The molecule has 2 aliphatic heterocycles. The molecular formula is C22H24N2O4. The first-order valence-electron chi connectivity index (χ1n) is 9.67. The van der Waals surface area contributed by atoms with Gasteiger partial charge in [-0.2, -0.15) is 0 Å². The van der Waals surface area contributed by atoms with Gasteiger partial charge in [-0.3, -0.25) is 9.59 Å². The van der Waals surface area contributed by atoms with Crippen LogP contribution in [0.1, 0.15) is 28.8 Å². The van der Waals surface area contributed by atoms with E-state index < -0.39 is 0 Å². The van der Waals surface area contributed by atoms with Crippen LogP contribution in [0.3, 0.4) is 0 Å². The molecule has 1 fully saturated rings. The van der Waals surface area contributed by atoms with Crippen LogP contribution in [0, 0.1) is 12.8 Å². The molecule has 2 amide bonds. The highest BCUT2D eigenvalue weighted by molar-refractivity contribution is 5.96. The van der Waals surface area contributed by atoms with Crippen LogP contribution in [0.4, 0.5) is 5.69 Å². The zero-order valence-corrected chi connectivity index (χ0v) is 15.9. The maximum Gasteiger partial charge on any atom is 0.254 e. The molecule has 2 aliphatic rings. The Kier molecular flexibility index (Phi) is 5.19. The van der Waals surface area contributed by atoms with Gasteiger partial charge in [-0.15, -0.1) is 0 Å². The number of nitrogens with one attached hydrogen (secondary N) is 1. The Labute approximate surface area is 164 Å². The number of anilines is 1. The molecule has 1 saturated heterocycles. The summed E-state index contributed by atoms with van der Waals surface area (Å²) in [5, 5.41) is 2.97. The van der Waals surface area contributed by atoms with Crippen molar-refractivity contribution in [3.63, 3.8) is 0 Å². The number of piperidine rings is 1. The van der Waals surface area contributed by atoms with Crippen molar-refractivity contribution < 1.29 is 19.1 Å². The molecule has 4 rings (SSSR count). The second kappa shape index (κ2) is 7.92. The minimum atomic E-state index is -0.103. The number of ether oxygens (including phenoxy) is 2. The first-order chi connectivity index (χ1) is 13.6. The third-order valence-corrected chi connectivity index (χ3v) is 5.34. The van der Waals surface area contributed by atoms with E-state index in [0.717, 1.165) is 11.1 Å². The van der Waals surface area contributed by atoms with Crippen LogP contribution in [0.2, 0.25) is 0 Å². The van der Waals surface area contributed by atoms with E-state index in [-0.39, 0.29) is 17.7 Å². The molecule has 0 aliphatic carbocycles. The van der Waals surface area contributed by atoms with Gasteiger partial charge < -0.3 is 19.7 Å². The number of fused-ring (bicyclic) bond motifs is 1. The Hall–Kier alpha value is -3.02. The van der Waals surface area contributed by atoms with Gasteiger partial charge in [0.15, 0.2) is 11.5 Å². The lowest BCUT2D eigenvalue weighted by molar-refractivity contribution is -0.121. The summed E-state index contributed by atoms with van der Waals surface area (Å²) < 4.78 is 11.1. The molecule has 0 unspecified atom stereocenters. The number of nitrogens with zero attached hydrogens (tertiary/aromatic N) is 1. The number of aryl methyl sites for hydroxylation is 1. The Balaban J connectivity index is 1.34. The van der Waals surface area contributed by atoms with Crippen molar-refractivity contribution in [1.82, 2.24) is 4.90 Å². The molecule has 28 heavy (non-hydrogen) atoms. The van der Waals surface area contributed by atoms with E-state index in [0.29, 0.717) is 56.3 Å². The van der Waals surface area contributed by atoms with Gasteiger partial charge in [0.1, 0.15) is 13.2 Å². The Bertz CT molecular complexity index is 888. The van der Waals surface area contributed by atoms with E-state index in [9.17, 15) is 9.59 Å². The van der Waals surface area contributed by atoms with Crippen LogP contribution in [0.25, 0.3) is 0 Å². The van der Waals surface area contributed by atoms with E-state index in [1.54, 1.807) is 6.07 Å². The topological polar surface area (TPSA) is 67.9 Å². The van der Waals surface area contributed by atoms with Crippen molar-refractivity contribution >= 4 is 17.5 Å². The van der Waals surface area contributed by atoms with Gasteiger partial charge in [0.05, 0.1) is 0 Å². The highest BCUT2D eigenvalue weighted by Crippen LogP contribution is 2.33. The third-order valence-electron chi connectivity index (χ3n) is 5.34. The highest BCUT2D eigenvalue weighted by atomic mass is 16.6. The second-order valence-corrected chi connectivity index (χ2v) is 7.23. The van der Waals surface area contributed by atoms with Crippen LogP contribution in [-0.2, 0) is 4.79 Å². The number of carbonyl (C=O) groups excluding carboxylic acids is 2. The summed E-state index contributed by atoms with van der Waals surface area (Å²) >= 11 is 0. The summed E-state index contributed by atoms with van der Waals surface area (Å²) in [4.78, 5) is 27.2. The molecular weight excluding hydrogens is 356 g/mol. The number of amides is 2. The molecule has 2 aromatic rings. The molecule has 0 radical (unpaired) electrons. The summed E-state index contributed by atoms with van der Waals surface area (Å²) in [6.45, 7) is 4.18. The normalized spacial score (nSPS) is 16.5. The van der Waals surface area contributed by atoms with Crippen molar-refractivity contribution in [3.05, 3.63) is 53.6 Å². The highest BCUT2D eigenvalue weighted by Gasteiger charge is 2.28. The predicted octanol–water partition coefficient (Wildman–Crippen LogP) is 3.26. The van der Waals surface area contributed by atoms with Gasteiger partial charge in [-0.1, -0.05) is 18.2 Å².